The van der Waals surface area contributed by atoms with E-state index in [1.165, 1.54) is 0 Å². The highest BCUT2D eigenvalue weighted by Gasteiger charge is 2.42. The number of alkyl halides is 3. The van der Waals surface area contributed by atoms with Gasteiger partial charge in [-0.25, -0.2) is 19.2 Å². The van der Waals surface area contributed by atoms with Crippen molar-refractivity contribution in [2.45, 2.75) is 57.5 Å². The van der Waals surface area contributed by atoms with Gasteiger partial charge in [0.25, 0.3) is 0 Å². The molecule has 0 aliphatic carbocycles. The van der Waals surface area contributed by atoms with Crippen LogP contribution in [0.2, 0.25) is 0 Å². The van der Waals surface area contributed by atoms with Crippen molar-refractivity contribution in [3.8, 4) is 0 Å². The first kappa shape index (κ1) is 25.2. The molecule has 15 heteroatoms. The number of carbonyl (C=O) groups excluding carboxylic acids is 1. The van der Waals surface area contributed by atoms with E-state index in [4.69, 9.17) is 9.47 Å². The van der Waals surface area contributed by atoms with Crippen LogP contribution in [0.25, 0.3) is 5.65 Å². The molecule has 3 atom stereocenters. The first-order valence-corrected chi connectivity index (χ1v) is 11.8. The van der Waals surface area contributed by atoms with E-state index >= 15 is 0 Å². The van der Waals surface area contributed by atoms with Gasteiger partial charge in [-0.3, -0.25) is 14.4 Å². The molecule has 5 rings (SSSR count). The molecule has 0 aromatic carbocycles. The molecule has 1 amide bonds. The number of rotatable bonds is 9. The molecule has 0 radical (unpaired) electrons. The predicted octanol–water partition coefficient (Wildman–Crippen LogP) is 2.53. The maximum absolute atomic E-state index is 14.9. The third-order valence-corrected chi connectivity index (χ3v) is 5.93. The highest BCUT2D eigenvalue weighted by molar-refractivity contribution is 5.67. The second kappa shape index (κ2) is 10.5. The van der Waals surface area contributed by atoms with Gasteiger partial charge in [-0.1, -0.05) is 0 Å². The number of hydrogen-bond donors (Lipinski definition) is 3. The zero-order valence-corrected chi connectivity index (χ0v) is 20.1. The monoisotopic (exact) mass is 524 g/mol. The lowest BCUT2D eigenvalue weighted by atomic mass is 10.1. The first-order chi connectivity index (χ1) is 17.7. The molecule has 2 aliphatic rings. The Hall–Kier alpha value is -3.43. The SMILES string of the molecule is CC(C)NC(=O)O[C@@H]1CO[C@H](c2cc(Nc3nccc4nc(CN5CC(OC(F)F)C5)cn34)n[nH]2)[C@@H]1F. The fourth-order valence-electron chi connectivity index (χ4n) is 4.26. The number of aromatic amines is 1. The Bertz CT molecular complexity index is 1230. The molecular formula is C22H27F3N8O4. The summed E-state index contributed by atoms with van der Waals surface area (Å²) in [6.07, 6.45) is -1.38. The van der Waals surface area contributed by atoms with E-state index in [9.17, 15) is 18.0 Å². The van der Waals surface area contributed by atoms with Gasteiger partial charge in [0, 0.05) is 44.1 Å². The van der Waals surface area contributed by atoms with Gasteiger partial charge >= 0.3 is 12.7 Å². The second-order valence-electron chi connectivity index (χ2n) is 9.22. The summed E-state index contributed by atoms with van der Waals surface area (Å²) in [5, 5.41) is 12.6. The van der Waals surface area contributed by atoms with Crippen molar-refractivity contribution in [3.05, 3.63) is 35.9 Å². The Morgan fingerprint density at radius 3 is 2.92 bits per heavy atom. The molecule has 200 valence electrons. The van der Waals surface area contributed by atoms with E-state index < -0.39 is 37.2 Å². The molecule has 2 saturated heterocycles. The summed E-state index contributed by atoms with van der Waals surface area (Å²) in [6.45, 7) is 1.99. The van der Waals surface area contributed by atoms with Gasteiger partial charge in [-0.15, -0.1) is 0 Å². The number of anilines is 2. The number of fused-ring (bicyclic) bond motifs is 1. The number of nitrogens with zero attached hydrogens (tertiary/aromatic N) is 5. The summed E-state index contributed by atoms with van der Waals surface area (Å²) in [5.74, 6) is 0.797. The number of likely N-dealkylation sites (tertiary alicyclic amines) is 1. The number of aromatic nitrogens is 5. The molecule has 2 aliphatic heterocycles. The van der Waals surface area contributed by atoms with Crippen molar-refractivity contribution in [1.29, 1.82) is 0 Å². The minimum absolute atomic E-state index is 0.0795. The van der Waals surface area contributed by atoms with Crippen LogP contribution >= 0.6 is 0 Å². The smallest absolute Gasteiger partial charge is 0.407 e. The van der Waals surface area contributed by atoms with Crippen LogP contribution in [0, 0.1) is 0 Å². The van der Waals surface area contributed by atoms with Crippen molar-refractivity contribution in [1.82, 2.24) is 34.8 Å². The Morgan fingerprint density at radius 1 is 1.35 bits per heavy atom. The van der Waals surface area contributed by atoms with Gasteiger partial charge in [0.2, 0.25) is 5.95 Å². The zero-order chi connectivity index (χ0) is 26.1. The van der Waals surface area contributed by atoms with Crippen LogP contribution in [-0.2, 0) is 20.8 Å². The fourth-order valence-corrected chi connectivity index (χ4v) is 4.26. The van der Waals surface area contributed by atoms with Crippen LogP contribution in [0.5, 0.6) is 0 Å². The molecule has 3 aromatic heterocycles. The van der Waals surface area contributed by atoms with Crippen LogP contribution in [0.3, 0.4) is 0 Å². The largest absolute Gasteiger partial charge is 0.441 e. The van der Waals surface area contributed by atoms with E-state index in [1.54, 1.807) is 42.8 Å². The molecule has 37 heavy (non-hydrogen) atoms. The van der Waals surface area contributed by atoms with Crippen molar-refractivity contribution in [3.63, 3.8) is 0 Å². The quantitative estimate of drug-likeness (QED) is 0.387. The number of imidazole rings is 1. The van der Waals surface area contributed by atoms with Crippen molar-refractivity contribution >= 4 is 23.5 Å². The second-order valence-corrected chi connectivity index (χ2v) is 9.22. The van der Waals surface area contributed by atoms with Gasteiger partial charge < -0.3 is 24.8 Å². The van der Waals surface area contributed by atoms with E-state index in [1.807, 2.05) is 4.90 Å². The summed E-state index contributed by atoms with van der Waals surface area (Å²) < 4.78 is 56.4. The predicted molar refractivity (Wildman–Crippen MR) is 123 cm³/mol. The molecule has 3 aromatic rings. The third-order valence-electron chi connectivity index (χ3n) is 5.93. The summed E-state index contributed by atoms with van der Waals surface area (Å²) >= 11 is 0. The average molecular weight is 525 g/mol. The lowest BCUT2D eigenvalue weighted by Gasteiger charge is -2.37. The van der Waals surface area contributed by atoms with Gasteiger partial charge in [-0.05, 0) is 19.9 Å². The third kappa shape index (κ3) is 5.78. The van der Waals surface area contributed by atoms with Crippen LogP contribution in [0.1, 0.15) is 31.3 Å². The number of halogens is 3. The summed E-state index contributed by atoms with van der Waals surface area (Å²) in [7, 11) is 0. The van der Waals surface area contributed by atoms with Crippen molar-refractivity contribution in [2.24, 2.45) is 0 Å². The molecule has 0 saturated carbocycles. The Labute approximate surface area is 209 Å². The first-order valence-electron chi connectivity index (χ1n) is 11.8. The minimum atomic E-state index is -2.77. The van der Waals surface area contributed by atoms with Crippen molar-refractivity contribution in [2.75, 3.05) is 25.0 Å². The number of hydrogen-bond acceptors (Lipinski definition) is 9. The van der Waals surface area contributed by atoms with Crippen LogP contribution < -0.4 is 10.6 Å². The molecule has 0 spiro atoms. The average Bonchev–Trinajstić information content (AvgIpc) is 3.51. The number of alkyl carbamates (subject to hydrolysis) is 1. The van der Waals surface area contributed by atoms with Crippen LogP contribution in [0.4, 0.5) is 29.7 Å². The van der Waals surface area contributed by atoms with E-state index in [-0.39, 0.29) is 12.6 Å². The molecular weight excluding hydrogens is 497 g/mol. The standard InChI is InChI=1S/C22H27F3N8O4/c1-11(2)27-22(34)37-15-10-35-19(18(15)23)14-5-16(31-30-14)29-21-26-4-3-17-28-12(7-33(17)21)6-32-8-13(9-32)36-20(24)25/h3-5,7,11,13,15,18-20H,6,8-10H2,1-2H3,(H,27,34)(H2,26,29,30,31)/t15-,18-,19-/m1/s1. The Morgan fingerprint density at radius 2 is 2.16 bits per heavy atom. The van der Waals surface area contributed by atoms with E-state index in [0.29, 0.717) is 42.7 Å². The zero-order valence-electron chi connectivity index (χ0n) is 20.1. The molecule has 3 N–H and O–H groups in total. The maximum atomic E-state index is 14.9. The number of amides is 1. The van der Waals surface area contributed by atoms with Crippen LogP contribution in [-0.4, -0.2) is 86.3 Å². The summed E-state index contributed by atoms with van der Waals surface area (Å²) in [4.78, 5) is 22.7. The lowest BCUT2D eigenvalue weighted by molar-refractivity contribution is -0.197. The molecule has 12 nitrogen and oxygen atoms in total. The number of carbonyl (C=O) groups is 1. The summed E-state index contributed by atoms with van der Waals surface area (Å²) in [5.41, 5.74) is 1.75. The molecule has 0 unspecified atom stereocenters. The molecule has 0 bridgehead atoms. The van der Waals surface area contributed by atoms with E-state index in [0.717, 1.165) is 5.69 Å². The van der Waals surface area contributed by atoms with Crippen molar-refractivity contribution < 1.29 is 32.2 Å². The topological polar surface area (TPSA) is 131 Å². The fraction of sp³-hybridized carbons (Fsp3) is 0.545. The molecule has 2 fully saturated rings. The highest BCUT2D eigenvalue weighted by Crippen LogP contribution is 2.33. The Balaban J connectivity index is 1.21. The van der Waals surface area contributed by atoms with E-state index in [2.05, 4.69) is 35.5 Å². The Kier molecular flexibility index (Phi) is 7.17. The highest BCUT2D eigenvalue weighted by atomic mass is 19.3. The number of ether oxygens (including phenoxy) is 3. The summed E-state index contributed by atoms with van der Waals surface area (Å²) in [6, 6.07) is 3.19. The maximum Gasteiger partial charge on any atom is 0.407 e. The number of H-pyrrole nitrogens is 1. The van der Waals surface area contributed by atoms with Gasteiger partial charge in [0.15, 0.2) is 18.1 Å². The molecule has 5 heterocycles. The normalized spacial score (nSPS) is 22.6. The minimum Gasteiger partial charge on any atom is -0.441 e. The van der Waals surface area contributed by atoms with Gasteiger partial charge in [0.05, 0.1) is 24.1 Å². The number of nitrogens with one attached hydrogen (secondary N) is 3. The van der Waals surface area contributed by atoms with Gasteiger partial charge in [-0.2, -0.15) is 13.9 Å². The lowest BCUT2D eigenvalue weighted by Crippen LogP contribution is -2.52. The van der Waals surface area contributed by atoms with Crippen LogP contribution in [0.15, 0.2) is 24.5 Å². The van der Waals surface area contributed by atoms with Gasteiger partial charge in [0.1, 0.15) is 11.8 Å².